The second-order valence-corrected chi connectivity index (χ2v) is 4.52. The first-order valence-corrected chi connectivity index (χ1v) is 6.24. The van der Waals surface area contributed by atoms with Crippen LogP contribution < -0.4 is 5.32 Å². The third-order valence-electron chi connectivity index (χ3n) is 2.61. The lowest BCUT2D eigenvalue weighted by atomic mass is 10.2. The van der Waals surface area contributed by atoms with Gasteiger partial charge in [0, 0.05) is 22.9 Å². The lowest BCUT2D eigenvalue weighted by Crippen LogP contribution is -2.01. The lowest BCUT2D eigenvalue weighted by molar-refractivity contribution is 1.04. The fourth-order valence-electron chi connectivity index (χ4n) is 1.69. The highest BCUT2D eigenvalue weighted by atomic mass is 79.9. The van der Waals surface area contributed by atoms with E-state index >= 15 is 0 Å². The number of H-pyrrole nitrogens is 1. The van der Waals surface area contributed by atoms with Crippen LogP contribution in [0.2, 0.25) is 0 Å². The third kappa shape index (κ3) is 2.47. The Kier molecular flexibility index (Phi) is 3.67. The van der Waals surface area contributed by atoms with Gasteiger partial charge in [-0.2, -0.15) is 0 Å². The van der Waals surface area contributed by atoms with Gasteiger partial charge in [-0.3, -0.25) is 0 Å². The van der Waals surface area contributed by atoms with Gasteiger partial charge in [0.05, 0.1) is 5.69 Å². The maximum absolute atomic E-state index is 3.55. The summed E-state index contributed by atoms with van der Waals surface area (Å²) in [6.45, 7) is 2.99. The first-order chi connectivity index (χ1) is 7.81. The van der Waals surface area contributed by atoms with Crippen LogP contribution in [0.3, 0.4) is 0 Å². The molecule has 0 aliphatic carbocycles. The highest BCUT2D eigenvalue weighted by molar-refractivity contribution is 9.10. The van der Waals surface area contributed by atoms with Gasteiger partial charge >= 0.3 is 0 Å². The summed E-state index contributed by atoms with van der Waals surface area (Å²) in [4.78, 5) is 3.23. The minimum atomic E-state index is 0.840. The zero-order valence-electron chi connectivity index (χ0n) is 9.26. The zero-order chi connectivity index (χ0) is 11.4. The SMILES string of the molecule is CCc1[nH]ccc1NCc1ccccc1Br. The molecule has 0 saturated heterocycles. The molecule has 0 bridgehead atoms. The fraction of sp³-hybridized carbons (Fsp3) is 0.231. The van der Waals surface area contributed by atoms with E-state index in [-0.39, 0.29) is 0 Å². The van der Waals surface area contributed by atoms with Crippen molar-refractivity contribution in [2.75, 3.05) is 5.32 Å². The highest BCUT2D eigenvalue weighted by Crippen LogP contribution is 2.19. The number of hydrogen-bond acceptors (Lipinski definition) is 1. The van der Waals surface area contributed by atoms with Crippen LogP contribution in [-0.2, 0) is 13.0 Å². The summed E-state index contributed by atoms with van der Waals surface area (Å²) in [5, 5.41) is 3.44. The van der Waals surface area contributed by atoms with Crippen molar-refractivity contribution in [2.45, 2.75) is 19.9 Å². The predicted molar refractivity (Wildman–Crippen MR) is 71.6 cm³/mol. The van der Waals surface area contributed by atoms with E-state index in [2.05, 4.69) is 57.4 Å². The molecule has 2 rings (SSSR count). The summed E-state index contributed by atoms with van der Waals surface area (Å²) in [6.07, 6.45) is 2.99. The van der Waals surface area contributed by atoms with E-state index in [9.17, 15) is 0 Å². The summed E-state index contributed by atoms with van der Waals surface area (Å²) in [6, 6.07) is 10.3. The van der Waals surface area contributed by atoms with Crippen molar-refractivity contribution in [1.82, 2.24) is 4.98 Å². The molecule has 0 aliphatic heterocycles. The van der Waals surface area contributed by atoms with Crippen LogP contribution in [0.25, 0.3) is 0 Å². The summed E-state index contributed by atoms with van der Waals surface area (Å²) in [7, 11) is 0. The molecule has 3 heteroatoms. The molecule has 0 aliphatic rings. The number of halogens is 1. The molecule has 0 radical (unpaired) electrons. The first-order valence-electron chi connectivity index (χ1n) is 5.44. The quantitative estimate of drug-likeness (QED) is 0.871. The van der Waals surface area contributed by atoms with Crippen molar-refractivity contribution in [2.24, 2.45) is 0 Å². The molecule has 0 amide bonds. The summed E-state index contributed by atoms with van der Waals surface area (Å²) in [5.41, 5.74) is 3.72. The van der Waals surface area contributed by atoms with Crippen molar-refractivity contribution in [3.8, 4) is 0 Å². The normalized spacial score (nSPS) is 10.4. The van der Waals surface area contributed by atoms with Crippen molar-refractivity contribution < 1.29 is 0 Å². The van der Waals surface area contributed by atoms with Gasteiger partial charge in [0.2, 0.25) is 0 Å². The number of aromatic amines is 1. The maximum Gasteiger partial charge on any atom is 0.0553 e. The van der Waals surface area contributed by atoms with Crippen LogP contribution in [0.15, 0.2) is 41.0 Å². The Balaban J connectivity index is 2.05. The summed E-state index contributed by atoms with van der Waals surface area (Å²) in [5.74, 6) is 0. The molecule has 0 unspecified atom stereocenters. The summed E-state index contributed by atoms with van der Waals surface area (Å²) < 4.78 is 1.15. The number of hydrogen-bond donors (Lipinski definition) is 2. The van der Waals surface area contributed by atoms with Gasteiger partial charge in [-0.25, -0.2) is 0 Å². The summed E-state index contributed by atoms with van der Waals surface area (Å²) >= 11 is 3.55. The van der Waals surface area contributed by atoms with Crippen LogP contribution in [0.4, 0.5) is 5.69 Å². The van der Waals surface area contributed by atoms with Gasteiger partial charge in [-0.05, 0) is 24.1 Å². The molecule has 1 aromatic carbocycles. The molecule has 0 atom stereocenters. The molecule has 1 heterocycles. The Morgan fingerprint density at radius 1 is 1.25 bits per heavy atom. The molecule has 2 N–H and O–H groups in total. The smallest absolute Gasteiger partial charge is 0.0553 e. The van der Waals surface area contributed by atoms with Gasteiger partial charge in [0.1, 0.15) is 0 Å². The Morgan fingerprint density at radius 2 is 2.06 bits per heavy atom. The number of benzene rings is 1. The number of aromatic nitrogens is 1. The fourth-order valence-corrected chi connectivity index (χ4v) is 2.12. The molecular weight excluding hydrogens is 264 g/mol. The van der Waals surface area contributed by atoms with E-state index in [0.717, 1.165) is 17.4 Å². The molecule has 2 aromatic rings. The van der Waals surface area contributed by atoms with Gasteiger partial charge in [-0.1, -0.05) is 41.1 Å². The Labute approximate surface area is 104 Å². The highest BCUT2D eigenvalue weighted by Gasteiger charge is 2.02. The van der Waals surface area contributed by atoms with Crippen LogP contribution >= 0.6 is 15.9 Å². The van der Waals surface area contributed by atoms with Crippen molar-refractivity contribution in [1.29, 1.82) is 0 Å². The molecule has 2 nitrogen and oxygen atoms in total. The molecular formula is C13H15BrN2. The number of anilines is 1. The number of aryl methyl sites for hydroxylation is 1. The van der Waals surface area contributed by atoms with E-state index in [1.54, 1.807) is 0 Å². The van der Waals surface area contributed by atoms with E-state index in [0.29, 0.717) is 0 Å². The van der Waals surface area contributed by atoms with E-state index in [4.69, 9.17) is 0 Å². The largest absolute Gasteiger partial charge is 0.379 e. The lowest BCUT2D eigenvalue weighted by Gasteiger charge is -2.08. The minimum absolute atomic E-state index is 0.840. The third-order valence-corrected chi connectivity index (χ3v) is 3.39. The van der Waals surface area contributed by atoms with Crippen molar-refractivity contribution in [3.05, 3.63) is 52.3 Å². The second-order valence-electron chi connectivity index (χ2n) is 3.67. The van der Waals surface area contributed by atoms with Crippen LogP contribution in [0.1, 0.15) is 18.2 Å². The van der Waals surface area contributed by atoms with Gasteiger partial charge in [0.15, 0.2) is 0 Å². The van der Waals surface area contributed by atoms with Gasteiger partial charge in [-0.15, -0.1) is 0 Å². The monoisotopic (exact) mass is 278 g/mol. The Hall–Kier alpha value is -1.22. The standard InChI is InChI=1S/C13H15BrN2/c1-2-12-13(7-8-15-12)16-9-10-5-3-4-6-11(10)14/h3-8,15-16H,2,9H2,1H3. The van der Waals surface area contributed by atoms with Crippen LogP contribution in [0, 0.1) is 0 Å². The average Bonchev–Trinajstić information content (AvgIpc) is 2.75. The van der Waals surface area contributed by atoms with Gasteiger partial charge in [0.25, 0.3) is 0 Å². The number of rotatable bonds is 4. The number of nitrogens with one attached hydrogen (secondary N) is 2. The molecule has 0 fully saturated rings. The zero-order valence-corrected chi connectivity index (χ0v) is 10.8. The molecule has 0 saturated carbocycles. The second kappa shape index (κ2) is 5.21. The first kappa shape index (κ1) is 11.3. The Bertz CT molecular complexity index is 462. The van der Waals surface area contributed by atoms with Crippen molar-refractivity contribution >= 4 is 21.6 Å². The van der Waals surface area contributed by atoms with Crippen molar-refractivity contribution in [3.63, 3.8) is 0 Å². The maximum atomic E-state index is 3.55. The van der Waals surface area contributed by atoms with E-state index < -0.39 is 0 Å². The minimum Gasteiger partial charge on any atom is -0.379 e. The van der Waals surface area contributed by atoms with E-state index in [1.807, 2.05) is 12.3 Å². The molecule has 16 heavy (non-hydrogen) atoms. The van der Waals surface area contributed by atoms with Crippen LogP contribution in [0.5, 0.6) is 0 Å². The predicted octanol–water partition coefficient (Wildman–Crippen LogP) is 3.95. The Morgan fingerprint density at radius 3 is 2.81 bits per heavy atom. The molecule has 84 valence electrons. The molecule has 1 aromatic heterocycles. The topological polar surface area (TPSA) is 27.8 Å². The van der Waals surface area contributed by atoms with Crippen LogP contribution in [-0.4, -0.2) is 4.98 Å². The van der Waals surface area contributed by atoms with Gasteiger partial charge < -0.3 is 10.3 Å². The average molecular weight is 279 g/mol. The molecule has 0 spiro atoms. The van der Waals surface area contributed by atoms with E-state index in [1.165, 1.54) is 16.9 Å².